The molecule has 0 amide bonds. The maximum absolute atomic E-state index is 12.7. The summed E-state index contributed by atoms with van der Waals surface area (Å²) >= 11 is 1.12. The summed E-state index contributed by atoms with van der Waals surface area (Å²) in [5.41, 5.74) is 5.81. The van der Waals surface area contributed by atoms with Gasteiger partial charge in [0.05, 0.1) is 15.3 Å². The van der Waals surface area contributed by atoms with Crippen molar-refractivity contribution in [2.75, 3.05) is 0 Å². The van der Waals surface area contributed by atoms with Crippen molar-refractivity contribution in [3.63, 3.8) is 0 Å². The van der Waals surface area contributed by atoms with E-state index in [-0.39, 0.29) is 21.5 Å². The molecule has 26 heavy (non-hydrogen) atoms. The number of nitrogens with zero attached hydrogens (tertiary/aromatic N) is 2. The van der Waals surface area contributed by atoms with Crippen LogP contribution in [0.5, 0.6) is 0 Å². The Hall–Kier alpha value is -1.74. The molecule has 0 bridgehead atoms. The maximum atomic E-state index is 12.7. The molecule has 1 saturated carbocycles. The van der Waals surface area contributed by atoms with Crippen LogP contribution >= 0.6 is 23.7 Å². The third-order valence-electron chi connectivity index (χ3n) is 4.48. The third-order valence-corrected chi connectivity index (χ3v) is 7.81. The minimum absolute atomic E-state index is 0. The average Bonchev–Trinajstić information content (AvgIpc) is 3.35. The highest BCUT2D eigenvalue weighted by molar-refractivity contribution is 7.93. The Morgan fingerprint density at radius 3 is 2.46 bits per heavy atom. The summed E-state index contributed by atoms with van der Waals surface area (Å²) in [6, 6.07) is 11.6. The summed E-state index contributed by atoms with van der Waals surface area (Å²) in [4.78, 5) is 5.30. The average molecular weight is 412 g/mol. The first-order valence-corrected chi connectivity index (χ1v) is 10.3. The zero-order valence-corrected chi connectivity index (χ0v) is 16.2. The molecule has 0 unspecified atom stereocenters. The normalized spacial score (nSPS) is 16.3. The number of rotatable bonds is 4. The Morgan fingerprint density at radius 2 is 1.77 bits per heavy atom. The summed E-state index contributed by atoms with van der Waals surface area (Å²) in [7, 11) is -3.54. The highest BCUT2D eigenvalue weighted by atomic mass is 35.5. The summed E-state index contributed by atoms with van der Waals surface area (Å²) in [6.45, 7) is 0. The van der Waals surface area contributed by atoms with Gasteiger partial charge in [0.1, 0.15) is 4.21 Å². The van der Waals surface area contributed by atoms with E-state index >= 15 is 0 Å². The van der Waals surface area contributed by atoms with E-state index in [0.717, 1.165) is 37.0 Å². The van der Waals surface area contributed by atoms with Crippen LogP contribution in [0.25, 0.3) is 10.8 Å². The topological polar surface area (TPSA) is 99.1 Å². The first-order chi connectivity index (χ1) is 12.0. The van der Waals surface area contributed by atoms with Gasteiger partial charge in [-0.05, 0) is 37.1 Å². The molecule has 6 nitrogen and oxygen atoms in total. The molecule has 2 heterocycles. The molecule has 0 aliphatic heterocycles. The van der Waals surface area contributed by atoms with Crippen molar-refractivity contribution in [1.82, 2.24) is 10.1 Å². The molecule has 0 radical (unpaired) electrons. The van der Waals surface area contributed by atoms with Crippen molar-refractivity contribution < 1.29 is 12.9 Å². The van der Waals surface area contributed by atoms with Crippen molar-refractivity contribution in [3.05, 3.63) is 48.3 Å². The number of benzene rings is 1. The predicted molar refractivity (Wildman–Crippen MR) is 101 cm³/mol. The fourth-order valence-electron chi connectivity index (χ4n) is 3.05. The molecule has 9 heteroatoms. The molecule has 1 aliphatic rings. The van der Waals surface area contributed by atoms with Gasteiger partial charge in [0.15, 0.2) is 5.82 Å². The van der Waals surface area contributed by atoms with Crippen LogP contribution in [-0.4, -0.2) is 18.6 Å². The Morgan fingerprint density at radius 1 is 1.08 bits per heavy atom. The quantitative estimate of drug-likeness (QED) is 0.701. The summed E-state index contributed by atoms with van der Waals surface area (Å²) in [5.74, 6) is 0.812. The van der Waals surface area contributed by atoms with E-state index < -0.39 is 15.4 Å². The van der Waals surface area contributed by atoms with Gasteiger partial charge in [-0.2, -0.15) is 4.98 Å². The second-order valence-corrected chi connectivity index (χ2v) is 9.48. The smallest absolute Gasteiger partial charge is 0.268 e. The van der Waals surface area contributed by atoms with Crippen molar-refractivity contribution >= 4 is 33.6 Å². The number of sulfone groups is 1. The molecule has 4 rings (SSSR count). The van der Waals surface area contributed by atoms with E-state index in [1.54, 1.807) is 42.5 Å². The van der Waals surface area contributed by atoms with E-state index in [1.807, 2.05) is 0 Å². The van der Waals surface area contributed by atoms with Crippen molar-refractivity contribution in [3.8, 4) is 10.8 Å². The zero-order valence-electron chi connectivity index (χ0n) is 13.8. The van der Waals surface area contributed by atoms with Gasteiger partial charge in [-0.3, -0.25) is 0 Å². The lowest BCUT2D eigenvalue weighted by molar-refractivity contribution is 0.373. The fraction of sp³-hybridized carbons (Fsp3) is 0.294. The first kappa shape index (κ1) is 19.0. The lowest BCUT2D eigenvalue weighted by atomic mass is 9.99. The van der Waals surface area contributed by atoms with Crippen LogP contribution in [0, 0.1) is 0 Å². The van der Waals surface area contributed by atoms with E-state index in [2.05, 4.69) is 10.1 Å². The number of thiophene rings is 1. The van der Waals surface area contributed by atoms with Crippen LogP contribution < -0.4 is 5.73 Å². The fourth-order valence-corrected chi connectivity index (χ4v) is 5.70. The monoisotopic (exact) mass is 411 g/mol. The maximum Gasteiger partial charge on any atom is 0.268 e. The Kier molecular flexibility index (Phi) is 5.21. The molecule has 1 aromatic carbocycles. The van der Waals surface area contributed by atoms with Gasteiger partial charge in [-0.25, -0.2) is 8.42 Å². The second kappa shape index (κ2) is 7.11. The van der Waals surface area contributed by atoms with Crippen LogP contribution in [0.1, 0.15) is 31.5 Å². The number of halogens is 1. The van der Waals surface area contributed by atoms with Crippen LogP contribution in [-0.2, 0) is 15.4 Å². The van der Waals surface area contributed by atoms with Crippen LogP contribution in [0.15, 0.2) is 56.1 Å². The molecule has 0 saturated heterocycles. The van der Waals surface area contributed by atoms with Gasteiger partial charge >= 0.3 is 0 Å². The molecule has 2 aromatic heterocycles. The van der Waals surface area contributed by atoms with Crippen LogP contribution in [0.2, 0.25) is 0 Å². The van der Waals surface area contributed by atoms with E-state index in [4.69, 9.17) is 10.3 Å². The van der Waals surface area contributed by atoms with Crippen molar-refractivity contribution in [2.45, 2.75) is 40.3 Å². The number of hydrogen-bond acceptors (Lipinski definition) is 7. The first-order valence-electron chi connectivity index (χ1n) is 8.02. The molecule has 0 spiro atoms. The standard InChI is InChI=1S/C17H17N3O3S2.ClH/c18-17(10-4-5-11-17)16-19-15(23-20-16)13-8-9-14(24-13)25(21,22)12-6-2-1-3-7-12;/h1-3,6-9H,4-5,10-11,18H2;1H. The molecule has 3 aromatic rings. The van der Waals surface area contributed by atoms with Crippen LogP contribution in [0.3, 0.4) is 0 Å². The van der Waals surface area contributed by atoms with E-state index in [0.29, 0.717) is 16.6 Å². The molecule has 138 valence electrons. The van der Waals surface area contributed by atoms with Gasteiger partial charge < -0.3 is 10.3 Å². The molecule has 2 N–H and O–H groups in total. The molecule has 0 atom stereocenters. The van der Waals surface area contributed by atoms with Gasteiger partial charge in [0.2, 0.25) is 9.84 Å². The van der Waals surface area contributed by atoms with Gasteiger partial charge in [0.25, 0.3) is 5.89 Å². The third kappa shape index (κ3) is 3.29. The lowest BCUT2D eigenvalue weighted by Crippen LogP contribution is -2.34. The predicted octanol–water partition coefficient (Wildman–Crippen LogP) is 3.78. The lowest BCUT2D eigenvalue weighted by Gasteiger charge is -2.17. The molecular weight excluding hydrogens is 394 g/mol. The Labute approximate surface area is 161 Å². The van der Waals surface area contributed by atoms with Gasteiger partial charge in [0, 0.05) is 0 Å². The zero-order chi connectivity index (χ0) is 17.5. The Bertz CT molecular complexity index is 993. The number of aromatic nitrogens is 2. The highest BCUT2D eigenvalue weighted by Crippen LogP contribution is 2.37. The molecule has 1 fully saturated rings. The largest absolute Gasteiger partial charge is 0.333 e. The SMILES string of the molecule is Cl.NC1(c2noc(-c3ccc(S(=O)(=O)c4ccccc4)s3)n2)CCCC1. The molecule has 1 aliphatic carbocycles. The van der Waals surface area contributed by atoms with Gasteiger partial charge in [-0.1, -0.05) is 36.2 Å². The summed E-state index contributed by atoms with van der Waals surface area (Å²) in [5, 5.41) is 4.02. The summed E-state index contributed by atoms with van der Waals surface area (Å²) in [6.07, 6.45) is 3.78. The van der Waals surface area contributed by atoms with Crippen molar-refractivity contribution in [2.24, 2.45) is 5.73 Å². The minimum Gasteiger partial charge on any atom is -0.333 e. The van der Waals surface area contributed by atoms with Gasteiger partial charge in [-0.15, -0.1) is 23.7 Å². The van der Waals surface area contributed by atoms with Crippen LogP contribution in [0.4, 0.5) is 0 Å². The minimum atomic E-state index is -3.54. The summed E-state index contributed by atoms with van der Waals surface area (Å²) < 4.78 is 30.9. The second-order valence-electron chi connectivity index (χ2n) is 6.22. The number of hydrogen-bond donors (Lipinski definition) is 1. The Balaban J connectivity index is 0.00000196. The van der Waals surface area contributed by atoms with E-state index in [9.17, 15) is 8.42 Å². The molecular formula is C17H18ClN3O3S2. The highest BCUT2D eigenvalue weighted by Gasteiger charge is 2.36. The van der Waals surface area contributed by atoms with Crippen molar-refractivity contribution in [1.29, 1.82) is 0 Å². The number of nitrogens with two attached hydrogens (primary N) is 1. The van der Waals surface area contributed by atoms with E-state index in [1.165, 1.54) is 0 Å².